The van der Waals surface area contributed by atoms with E-state index in [0.717, 1.165) is 19.3 Å². The van der Waals surface area contributed by atoms with Crippen molar-refractivity contribution in [3.63, 3.8) is 0 Å². The summed E-state index contributed by atoms with van der Waals surface area (Å²) in [5.74, 6) is 0. The molecule has 0 bridgehead atoms. The van der Waals surface area contributed by atoms with Crippen LogP contribution in [0.4, 0.5) is 0 Å². The SMILES string of the molecule is C[C@H](O)CCC[C@H](C)O. The van der Waals surface area contributed by atoms with E-state index in [2.05, 4.69) is 0 Å². The predicted octanol–water partition coefficient (Wildman–Crippen LogP) is 0.918. The quantitative estimate of drug-likeness (QED) is 0.597. The van der Waals surface area contributed by atoms with Crippen LogP contribution in [0.1, 0.15) is 33.1 Å². The molecule has 2 atom stereocenters. The fourth-order valence-electron chi connectivity index (χ4n) is 0.709. The van der Waals surface area contributed by atoms with Crippen LogP contribution in [-0.2, 0) is 0 Å². The number of aliphatic hydroxyl groups excluding tert-OH is 2. The van der Waals surface area contributed by atoms with E-state index in [1.54, 1.807) is 13.8 Å². The van der Waals surface area contributed by atoms with Crippen LogP contribution in [0.25, 0.3) is 0 Å². The van der Waals surface area contributed by atoms with Gasteiger partial charge in [-0.3, -0.25) is 0 Å². The molecule has 9 heavy (non-hydrogen) atoms. The zero-order chi connectivity index (χ0) is 7.28. The van der Waals surface area contributed by atoms with Crippen LogP contribution < -0.4 is 0 Å². The third-order valence-electron chi connectivity index (χ3n) is 1.24. The van der Waals surface area contributed by atoms with Gasteiger partial charge < -0.3 is 10.2 Å². The molecule has 0 saturated carbocycles. The van der Waals surface area contributed by atoms with Crippen molar-refractivity contribution < 1.29 is 10.2 Å². The zero-order valence-corrected chi connectivity index (χ0v) is 6.17. The molecule has 0 fully saturated rings. The Bertz CT molecular complexity index is 51.9. The largest absolute Gasteiger partial charge is 0.393 e. The average Bonchev–Trinajstić information content (AvgIpc) is 1.63. The predicted molar refractivity (Wildman–Crippen MR) is 37.2 cm³/mol. The summed E-state index contributed by atoms with van der Waals surface area (Å²) >= 11 is 0. The molecule has 0 rings (SSSR count). The fourth-order valence-corrected chi connectivity index (χ4v) is 0.709. The smallest absolute Gasteiger partial charge is 0.0512 e. The molecule has 0 unspecified atom stereocenters. The Morgan fingerprint density at radius 2 is 1.33 bits per heavy atom. The second kappa shape index (κ2) is 4.77. The van der Waals surface area contributed by atoms with Crippen molar-refractivity contribution in [2.75, 3.05) is 0 Å². The standard InChI is InChI=1S/C7H16O2/c1-6(8)4-3-5-7(2)9/h6-9H,3-5H2,1-2H3/t6-,7-/m0/s1. The maximum Gasteiger partial charge on any atom is 0.0512 e. The van der Waals surface area contributed by atoms with E-state index in [1.165, 1.54) is 0 Å². The highest BCUT2D eigenvalue weighted by Gasteiger charge is 1.97. The maximum atomic E-state index is 8.78. The van der Waals surface area contributed by atoms with Gasteiger partial charge in [-0.1, -0.05) is 0 Å². The van der Waals surface area contributed by atoms with Crippen LogP contribution in [-0.4, -0.2) is 22.4 Å². The minimum atomic E-state index is -0.219. The van der Waals surface area contributed by atoms with Gasteiger partial charge in [-0.25, -0.2) is 0 Å². The Labute approximate surface area is 56.5 Å². The lowest BCUT2D eigenvalue weighted by atomic mass is 10.1. The van der Waals surface area contributed by atoms with Crippen molar-refractivity contribution in [3.8, 4) is 0 Å². The van der Waals surface area contributed by atoms with Crippen molar-refractivity contribution in [1.82, 2.24) is 0 Å². The van der Waals surface area contributed by atoms with E-state index in [4.69, 9.17) is 10.2 Å². The van der Waals surface area contributed by atoms with E-state index >= 15 is 0 Å². The molecule has 0 radical (unpaired) electrons. The Morgan fingerprint density at radius 1 is 1.00 bits per heavy atom. The van der Waals surface area contributed by atoms with Gasteiger partial charge in [-0.15, -0.1) is 0 Å². The lowest BCUT2D eigenvalue weighted by molar-refractivity contribution is 0.153. The molecule has 0 spiro atoms. The Kier molecular flexibility index (Phi) is 4.72. The Hall–Kier alpha value is -0.0800. The molecule has 2 heteroatoms. The van der Waals surface area contributed by atoms with Gasteiger partial charge in [0.1, 0.15) is 0 Å². The molecular formula is C7H16O2. The van der Waals surface area contributed by atoms with Gasteiger partial charge in [0.05, 0.1) is 12.2 Å². The number of aliphatic hydroxyl groups is 2. The van der Waals surface area contributed by atoms with E-state index in [9.17, 15) is 0 Å². The van der Waals surface area contributed by atoms with Crippen LogP contribution in [0.2, 0.25) is 0 Å². The number of rotatable bonds is 4. The molecular weight excluding hydrogens is 116 g/mol. The molecule has 2 nitrogen and oxygen atoms in total. The average molecular weight is 132 g/mol. The highest BCUT2D eigenvalue weighted by Crippen LogP contribution is 2.02. The third-order valence-corrected chi connectivity index (χ3v) is 1.24. The molecule has 0 aromatic carbocycles. The highest BCUT2D eigenvalue weighted by atomic mass is 16.3. The van der Waals surface area contributed by atoms with Crippen LogP contribution in [0.15, 0.2) is 0 Å². The first-order chi connectivity index (χ1) is 4.13. The zero-order valence-electron chi connectivity index (χ0n) is 6.17. The monoisotopic (exact) mass is 132 g/mol. The molecule has 2 N–H and O–H groups in total. The molecule has 0 aromatic rings. The van der Waals surface area contributed by atoms with Crippen molar-refractivity contribution >= 4 is 0 Å². The van der Waals surface area contributed by atoms with E-state index in [-0.39, 0.29) is 12.2 Å². The van der Waals surface area contributed by atoms with Crippen LogP contribution in [0.3, 0.4) is 0 Å². The lowest BCUT2D eigenvalue weighted by Gasteiger charge is -2.04. The summed E-state index contributed by atoms with van der Waals surface area (Å²) in [6.45, 7) is 3.53. The van der Waals surface area contributed by atoms with Crippen molar-refractivity contribution in [2.45, 2.75) is 45.3 Å². The van der Waals surface area contributed by atoms with Gasteiger partial charge in [-0.2, -0.15) is 0 Å². The molecule has 0 aliphatic heterocycles. The molecule has 0 aliphatic carbocycles. The van der Waals surface area contributed by atoms with Crippen molar-refractivity contribution in [2.24, 2.45) is 0 Å². The molecule has 0 saturated heterocycles. The second-order valence-electron chi connectivity index (χ2n) is 2.63. The van der Waals surface area contributed by atoms with Crippen LogP contribution in [0, 0.1) is 0 Å². The summed E-state index contributed by atoms with van der Waals surface area (Å²) in [4.78, 5) is 0. The summed E-state index contributed by atoms with van der Waals surface area (Å²) in [5, 5.41) is 17.6. The maximum absolute atomic E-state index is 8.78. The van der Waals surface area contributed by atoms with Gasteiger partial charge in [0.2, 0.25) is 0 Å². The van der Waals surface area contributed by atoms with Gasteiger partial charge in [0.25, 0.3) is 0 Å². The first-order valence-corrected chi connectivity index (χ1v) is 3.49. The lowest BCUT2D eigenvalue weighted by Crippen LogP contribution is -2.03. The van der Waals surface area contributed by atoms with Gasteiger partial charge >= 0.3 is 0 Å². The normalized spacial score (nSPS) is 17.3. The minimum absolute atomic E-state index is 0.219. The summed E-state index contributed by atoms with van der Waals surface area (Å²) in [6, 6.07) is 0. The summed E-state index contributed by atoms with van der Waals surface area (Å²) < 4.78 is 0. The number of hydrogen-bond acceptors (Lipinski definition) is 2. The summed E-state index contributed by atoms with van der Waals surface area (Å²) in [7, 11) is 0. The van der Waals surface area contributed by atoms with E-state index in [1.807, 2.05) is 0 Å². The second-order valence-corrected chi connectivity index (χ2v) is 2.63. The van der Waals surface area contributed by atoms with Gasteiger partial charge in [0.15, 0.2) is 0 Å². The molecule has 0 aromatic heterocycles. The third kappa shape index (κ3) is 7.92. The number of hydrogen-bond donors (Lipinski definition) is 2. The highest BCUT2D eigenvalue weighted by molar-refractivity contribution is 4.51. The van der Waals surface area contributed by atoms with E-state index < -0.39 is 0 Å². The minimum Gasteiger partial charge on any atom is -0.393 e. The molecule has 0 amide bonds. The topological polar surface area (TPSA) is 40.5 Å². The van der Waals surface area contributed by atoms with Gasteiger partial charge in [-0.05, 0) is 33.1 Å². The first-order valence-electron chi connectivity index (χ1n) is 3.49. The molecule has 0 aliphatic rings. The summed E-state index contributed by atoms with van der Waals surface area (Å²) in [5.41, 5.74) is 0. The summed E-state index contributed by atoms with van der Waals surface area (Å²) in [6.07, 6.45) is 2.07. The van der Waals surface area contributed by atoms with E-state index in [0.29, 0.717) is 0 Å². The van der Waals surface area contributed by atoms with Crippen LogP contribution >= 0.6 is 0 Å². The van der Waals surface area contributed by atoms with Crippen LogP contribution in [0.5, 0.6) is 0 Å². The van der Waals surface area contributed by atoms with Crippen molar-refractivity contribution in [1.29, 1.82) is 0 Å². The Morgan fingerprint density at radius 3 is 1.56 bits per heavy atom. The van der Waals surface area contributed by atoms with Crippen molar-refractivity contribution in [3.05, 3.63) is 0 Å². The fraction of sp³-hybridized carbons (Fsp3) is 1.00. The van der Waals surface area contributed by atoms with Gasteiger partial charge in [0, 0.05) is 0 Å². The molecule has 56 valence electrons. The molecule has 0 heterocycles. The first kappa shape index (κ1) is 8.92. The Balaban J connectivity index is 2.91.